The highest BCUT2D eigenvalue weighted by Crippen LogP contribution is 2.24. The van der Waals surface area contributed by atoms with Crippen LogP contribution >= 0.6 is 0 Å². The van der Waals surface area contributed by atoms with Crippen molar-refractivity contribution in [1.29, 1.82) is 0 Å². The summed E-state index contributed by atoms with van der Waals surface area (Å²) >= 11 is 0. The molecule has 4 nitrogen and oxygen atoms in total. The smallest absolute Gasteiger partial charge is 0.336 e. The fourth-order valence-electron chi connectivity index (χ4n) is 2.49. The lowest BCUT2D eigenvalue weighted by Crippen LogP contribution is -2.20. The average molecular weight is 318 g/mol. The number of hydrogen-bond acceptors (Lipinski definition) is 3. The van der Waals surface area contributed by atoms with Gasteiger partial charge in [0.05, 0.1) is 5.56 Å². The quantitative estimate of drug-likeness (QED) is 0.597. The maximum absolute atomic E-state index is 11.3. The number of carboxylic acids is 1. The van der Waals surface area contributed by atoms with Crippen LogP contribution in [0.4, 0.5) is 5.69 Å². The molecule has 0 bridgehead atoms. The van der Waals surface area contributed by atoms with E-state index in [2.05, 4.69) is 10.9 Å². The van der Waals surface area contributed by atoms with E-state index < -0.39 is 5.97 Å². The van der Waals surface area contributed by atoms with E-state index in [0.717, 1.165) is 22.4 Å². The first kappa shape index (κ1) is 15.8. The maximum atomic E-state index is 11.3. The van der Waals surface area contributed by atoms with Gasteiger partial charge in [0.15, 0.2) is 0 Å². The Balaban J connectivity index is 1.67. The highest BCUT2D eigenvalue weighted by atomic mass is 16.4. The number of carbonyl (C=O) groups is 1. The summed E-state index contributed by atoms with van der Waals surface area (Å²) in [5.41, 5.74) is 10.3. The molecule has 3 N–H and O–H groups in total. The Morgan fingerprint density at radius 2 is 1.50 bits per heavy atom. The Morgan fingerprint density at radius 1 is 0.833 bits per heavy atom. The number of hydrogen-bond donors (Lipinski definition) is 3. The summed E-state index contributed by atoms with van der Waals surface area (Å²) in [6.07, 6.45) is 0. The van der Waals surface area contributed by atoms with Gasteiger partial charge in [-0.3, -0.25) is 0 Å². The molecule has 0 aliphatic heterocycles. The van der Waals surface area contributed by atoms with Crippen molar-refractivity contribution in [3.63, 3.8) is 0 Å². The van der Waals surface area contributed by atoms with Gasteiger partial charge >= 0.3 is 5.97 Å². The largest absolute Gasteiger partial charge is 0.478 e. The zero-order valence-corrected chi connectivity index (χ0v) is 13.1. The lowest BCUT2D eigenvalue weighted by atomic mass is 9.99. The number of hydrazine groups is 1. The Bertz CT molecular complexity index is 815. The van der Waals surface area contributed by atoms with Crippen LogP contribution in [0.25, 0.3) is 11.1 Å². The highest BCUT2D eigenvalue weighted by molar-refractivity contribution is 5.95. The van der Waals surface area contributed by atoms with Gasteiger partial charge in [-0.05, 0) is 34.9 Å². The Labute approximate surface area is 140 Å². The predicted octanol–water partition coefficient (Wildman–Crippen LogP) is 4.17. The first-order valence-electron chi connectivity index (χ1n) is 7.69. The van der Waals surface area contributed by atoms with Crippen LogP contribution in [0, 0.1) is 0 Å². The van der Waals surface area contributed by atoms with Crippen molar-refractivity contribution in [3.05, 3.63) is 90.0 Å². The molecule has 0 saturated carbocycles. The standard InChI is InChI=1S/C20H18N2O2/c23-20(24)19-9-5-4-8-18(19)16-12-10-15(11-13-16)14-21-22-17-6-2-1-3-7-17/h1-13,21-22H,14H2,(H,23,24). The molecule has 0 fully saturated rings. The van der Waals surface area contributed by atoms with Crippen molar-refractivity contribution in [2.24, 2.45) is 0 Å². The third kappa shape index (κ3) is 3.80. The fraction of sp³-hybridized carbons (Fsp3) is 0.0500. The van der Waals surface area contributed by atoms with Crippen LogP contribution in [0.15, 0.2) is 78.9 Å². The summed E-state index contributed by atoms with van der Waals surface area (Å²) < 4.78 is 0. The number of aromatic carboxylic acids is 1. The van der Waals surface area contributed by atoms with E-state index in [1.165, 1.54) is 0 Å². The minimum atomic E-state index is -0.914. The van der Waals surface area contributed by atoms with Crippen LogP contribution < -0.4 is 10.9 Å². The zero-order valence-electron chi connectivity index (χ0n) is 13.1. The van der Waals surface area contributed by atoms with Crippen molar-refractivity contribution in [2.75, 3.05) is 5.43 Å². The summed E-state index contributed by atoms with van der Waals surface area (Å²) in [7, 11) is 0. The van der Waals surface area contributed by atoms with Crippen molar-refractivity contribution in [1.82, 2.24) is 5.43 Å². The molecule has 0 amide bonds. The van der Waals surface area contributed by atoms with Gasteiger partial charge in [-0.25, -0.2) is 10.2 Å². The molecule has 4 heteroatoms. The number of para-hydroxylation sites is 1. The first-order chi connectivity index (χ1) is 11.7. The molecule has 3 rings (SSSR count). The molecule has 120 valence electrons. The number of benzene rings is 3. The van der Waals surface area contributed by atoms with Crippen molar-refractivity contribution in [2.45, 2.75) is 6.54 Å². The van der Waals surface area contributed by atoms with Crippen LogP contribution in [0.5, 0.6) is 0 Å². The molecule has 0 aromatic heterocycles. The zero-order chi connectivity index (χ0) is 16.8. The molecular formula is C20H18N2O2. The molecule has 0 radical (unpaired) electrons. The van der Waals surface area contributed by atoms with E-state index in [4.69, 9.17) is 0 Å². The Morgan fingerprint density at radius 3 is 2.21 bits per heavy atom. The number of rotatable bonds is 6. The van der Waals surface area contributed by atoms with Crippen LogP contribution in [-0.2, 0) is 6.54 Å². The van der Waals surface area contributed by atoms with E-state index >= 15 is 0 Å². The third-order valence-corrected chi connectivity index (χ3v) is 3.72. The van der Waals surface area contributed by atoms with Gasteiger partial charge in [0.25, 0.3) is 0 Å². The van der Waals surface area contributed by atoms with Crippen LogP contribution in [-0.4, -0.2) is 11.1 Å². The van der Waals surface area contributed by atoms with Gasteiger partial charge in [-0.2, -0.15) is 0 Å². The van der Waals surface area contributed by atoms with Crippen LogP contribution in [0.3, 0.4) is 0 Å². The van der Waals surface area contributed by atoms with Gasteiger partial charge in [-0.1, -0.05) is 60.7 Å². The fourth-order valence-corrected chi connectivity index (χ4v) is 2.49. The summed E-state index contributed by atoms with van der Waals surface area (Å²) in [6.45, 7) is 0.662. The second kappa shape index (κ2) is 7.44. The summed E-state index contributed by atoms with van der Waals surface area (Å²) in [4.78, 5) is 11.3. The molecule has 0 spiro atoms. The normalized spacial score (nSPS) is 10.3. The van der Waals surface area contributed by atoms with Crippen molar-refractivity contribution in [3.8, 4) is 11.1 Å². The molecule has 24 heavy (non-hydrogen) atoms. The maximum Gasteiger partial charge on any atom is 0.336 e. The minimum Gasteiger partial charge on any atom is -0.478 e. The van der Waals surface area contributed by atoms with Gasteiger partial charge < -0.3 is 10.5 Å². The molecule has 3 aromatic carbocycles. The molecule has 0 unspecified atom stereocenters. The summed E-state index contributed by atoms with van der Waals surface area (Å²) in [5, 5.41) is 9.29. The first-order valence-corrected chi connectivity index (χ1v) is 7.69. The second-order valence-electron chi connectivity index (χ2n) is 5.39. The Hall–Kier alpha value is -3.11. The van der Waals surface area contributed by atoms with Crippen molar-refractivity contribution < 1.29 is 9.90 Å². The monoisotopic (exact) mass is 318 g/mol. The van der Waals surface area contributed by atoms with Gasteiger partial charge in [0.2, 0.25) is 0 Å². The summed E-state index contributed by atoms with van der Waals surface area (Å²) in [5.74, 6) is -0.914. The molecule has 0 atom stereocenters. The SMILES string of the molecule is O=C(O)c1ccccc1-c1ccc(CNNc2ccccc2)cc1. The number of nitrogens with one attached hydrogen (secondary N) is 2. The van der Waals surface area contributed by atoms with E-state index in [1.807, 2.05) is 66.7 Å². The number of carboxylic acid groups (broad SMARTS) is 1. The molecule has 0 aliphatic rings. The molecular weight excluding hydrogens is 300 g/mol. The van der Waals surface area contributed by atoms with Crippen molar-refractivity contribution >= 4 is 11.7 Å². The third-order valence-electron chi connectivity index (χ3n) is 3.72. The highest BCUT2D eigenvalue weighted by Gasteiger charge is 2.10. The summed E-state index contributed by atoms with van der Waals surface area (Å²) in [6, 6.07) is 24.8. The van der Waals surface area contributed by atoms with Gasteiger partial charge in [-0.15, -0.1) is 0 Å². The average Bonchev–Trinajstić information content (AvgIpc) is 2.63. The van der Waals surface area contributed by atoms with Crippen LogP contribution in [0.1, 0.15) is 15.9 Å². The van der Waals surface area contributed by atoms with E-state index in [9.17, 15) is 9.90 Å². The van der Waals surface area contributed by atoms with Crippen LogP contribution in [0.2, 0.25) is 0 Å². The molecule has 0 heterocycles. The molecule has 0 aliphatic carbocycles. The van der Waals surface area contributed by atoms with E-state index in [0.29, 0.717) is 12.1 Å². The minimum absolute atomic E-state index is 0.314. The van der Waals surface area contributed by atoms with Gasteiger partial charge in [0, 0.05) is 12.2 Å². The van der Waals surface area contributed by atoms with E-state index in [-0.39, 0.29) is 0 Å². The molecule has 0 saturated heterocycles. The lowest BCUT2D eigenvalue weighted by Gasteiger charge is -2.10. The number of anilines is 1. The lowest BCUT2D eigenvalue weighted by molar-refractivity contribution is 0.0697. The van der Waals surface area contributed by atoms with E-state index in [1.54, 1.807) is 12.1 Å². The molecule has 3 aromatic rings. The Kier molecular flexibility index (Phi) is 4.89. The predicted molar refractivity (Wildman–Crippen MR) is 95.7 cm³/mol. The topological polar surface area (TPSA) is 61.4 Å². The second-order valence-corrected chi connectivity index (χ2v) is 5.39. The van der Waals surface area contributed by atoms with Gasteiger partial charge in [0.1, 0.15) is 0 Å².